The molecule has 0 heterocycles. The second-order valence-corrected chi connectivity index (χ2v) is 7.69. The summed E-state index contributed by atoms with van der Waals surface area (Å²) in [7, 11) is 1.50. The number of oxime groups is 1. The largest absolute Gasteiger partial charge is 0.493 e. The molecule has 8 heteroatoms. The molecule has 0 saturated heterocycles. The molecule has 3 aromatic rings. The molecule has 0 spiro atoms. The molecule has 3 rings (SSSR count). The van der Waals surface area contributed by atoms with Gasteiger partial charge in [0.25, 0.3) is 5.91 Å². The van der Waals surface area contributed by atoms with Crippen LogP contribution in [0.1, 0.15) is 16.7 Å². The first-order valence-corrected chi connectivity index (χ1v) is 10.5. The Morgan fingerprint density at radius 3 is 2.62 bits per heavy atom. The van der Waals surface area contributed by atoms with Gasteiger partial charge in [-0.2, -0.15) is 0 Å². The maximum Gasteiger partial charge on any atom is 0.265 e. The summed E-state index contributed by atoms with van der Waals surface area (Å²) in [4.78, 5) is 17.0. The molecule has 1 amide bonds. The minimum absolute atomic E-state index is 0.0499. The molecule has 0 aliphatic rings. The van der Waals surface area contributed by atoms with Crippen LogP contribution in [-0.4, -0.2) is 25.8 Å². The molecule has 0 fully saturated rings. The summed E-state index contributed by atoms with van der Waals surface area (Å²) in [6, 6.07) is 17.3. The number of halogens is 2. The van der Waals surface area contributed by atoms with Crippen molar-refractivity contribution >= 4 is 33.7 Å². The first-order valence-electron chi connectivity index (χ1n) is 9.72. The van der Waals surface area contributed by atoms with E-state index in [1.54, 1.807) is 30.3 Å². The lowest BCUT2D eigenvalue weighted by Crippen LogP contribution is -2.16. The highest BCUT2D eigenvalue weighted by Crippen LogP contribution is 2.37. The summed E-state index contributed by atoms with van der Waals surface area (Å²) < 4.78 is 25.6. The summed E-state index contributed by atoms with van der Waals surface area (Å²) in [5.41, 5.74) is 2.89. The number of carbonyl (C=O) groups excluding carboxylic acids is 1. The molecule has 0 atom stereocenters. The van der Waals surface area contributed by atoms with Crippen LogP contribution in [0.2, 0.25) is 0 Å². The zero-order valence-corrected chi connectivity index (χ0v) is 19.2. The number of hydrogen-bond acceptors (Lipinski definition) is 5. The Hall–Kier alpha value is -3.39. The fraction of sp³-hybridized carbons (Fsp3) is 0.167. The smallest absolute Gasteiger partial charge is 0.265 e. The van der Waals surface area contributed by atoms with Gasteiger partial charge in [0, 0.05) is 16.8 Å². The number of anilines is 1. The Bertz CT molecular complexity index is 1100. The number of nitrogens with one attached hydrogen (secondary N) is 1. The first kappa shape index (κ1) is 23.3. The summed E-state index contributed by atoms with van der Waals surface area (Å²) in [5.74, 6) is 0.220. The van der Waals surface area contributed by atoms with Gasteiger partial charge in [0.2, 0.25) is 0 Å². The Kier molecular flexibility index (Phi) is 8.21. The number of amides is 1. The Morgan fingerprint density at radius 1 is 1.16 bits per heavy atom. The van der Waals surface area contributed by atoms with Crippen molar-refractivity contribution in [2.24, 2.45) is 5.16 Å². The molecule has 0 aliphatic carbocycles. The van der Waals surface area contributed by atoms with Gasteiger partial charge in [-0.05, 0) is 53.2 Å². The number of benzene rings is 3. The van der Waals surface area contributed by atoms with Gasteiger partial charge in [-0.15, -0.1) is 0 Å². The lowest BCUT2D eigenvalue weighted by Gasteiger charge is -2.13. The number of rotatable bonds is 9. The van der Waals surface area contributed by atoms with Crippen molar-refractivity contribution in [1.82, 2.24) is 0 Å². The van der Waals surface area contributed by atoms with E-state index in [1.807, 2.05) is 31.2 Å². The molecule has 0 radical (unpaired) electrons. The van der Waals surface area contributed by atoms with Crippen molar-refractivity contribution in [2.75, 3.05) is 19.0 Å². The molecule has 0 aromatic heterocycles. The van der Waals surface area contributed by atoms with E-state index in [0.717, 1.165) is 5.56 Å². The summed E-state index contributed by atoms with van der Waals surface area (Å²) >= 11 is 3.44. The highest BCUT2D eigenvalue weighted by Gasteiger charge is 2.13. The average Bonchev–Trinajstić information content (AvgIpc) is 2.78. The summed E-state index contributed by atoms with van der Waals surface area (Å²) in [6.45, 7) is 1.79. The molecule has 3 aromatic carbocycles. The molecular formula is C24H22BrFN2O4. The number of nitrogens with zero attached hydrogens (tertiary/aromatic N) is 1. The van der Waals surface area contributed by atoms with Gasteiger partial charge >= 0.3 is 0 Å². The molecule has 6 nitrogen and oxygen atoms in total. The second-order valence-electron chi connectivity index (χ2n) is 6.84. The number of ether oxygens (including phenoxy) is 2. The third-order valence-electron chi connectivity index (χ3n) is 4.39. The van der Waals surface area contributed by atoms with E-state index in [-0.39, 0.29) is 24.9 Å². The van der Waals surface area contributed by atoms with Crippen LogP contribution in [0.15, 0.2) is 70.3 Å². The van der Waals surface area contributed by atoms with Crippen molar-refractivity contribution in [1.29, 1.82) is 0 Å². The van der Waals surface area contributed by atoms with Crippen molar-refractivity contribution in [3.63, 3.8) is 0 Å². The van der Waals surface area contributed by atoms with Crippen molar-refractivity contribution in [3.05, 3.63) is 87.6 Å². The number of hydrogen-bond donors (Lipinski definition) is 1. The fourth-order valence-electron chi connectivity index (χ4n) is 2.75. The zero-order valence-electron chi connectivity index (χ0n) is 17.6. The molecule has 0 unspecified atom stereocenters. The Balaban J connectivity index is 1.57. The van der Waals surface area contributed by atoms with Gasteiger partial charge in [-0.1, -0.05) is 41.1 Å². The van der Waals surface area contributed by atoms with Gasteiger partial charge in [0.05, 0.1) is 17.8 Å². The van der Waals surface area contributed by atoms with Crippen molar-refractivity contribution in [3.8, 4) is 11.5 Å². The monoisotopic (exact) mass is 500 g/mol. The topological polar surface area (TPSA) is 69.2 Å². The highest BCUT2D eigenvalue weighted by molar-refractivity contribution is 9.10. The molecule has 0 bridgehead atoms. The number of aryl methyl sites for hydroxylation is 1. The third kappa shape index (κ3) is 6.55. The molecule has 1 N–H and O–H groups in total. The predicted molar refractivity (Wildman–Crippen MR) is 125 cm³/mol. The van der Waals surface area contributed by atoms with Gasteiger partial charge in [-0.25, -0.2) is 4.39 Å². The maximum atomic E-state index is 13.8. The highest BCUT2D eigenvalue weighted by atomic mass is 79.9. The zero-order chi connectivity index (χ0) is 22.9. The maximum absolute atomic E-state index is 13.8. The minimum Gasteiger partial charge on any atom is -0.493 e. The van der Waals surface area contributed by atoms with Gasteiger partial charge in [0.15, 0.2) is 18.1 Å². The lowest BCUT2D eigenvalue weighted by molar-refractivity contribution is -0.120. The molecule has 166 valence electrons. The normalized spacial score (nSPS) is 10.8. The number of methoxy groups -OCH3 is 1. The van der Waals surface area contributed by atoms with E-state index in [9.17, 15) is 9.18 Å². The van der Waals surface area contributed by atoms with Gasteiger partial charge in [0.1, 0.15) is 12.4 Å². The van der Waals surface area contributed by atoms with Crippen LogP contribution in [0.5, 0.6) is 11.5 Å². The van der Waals surface area contributed by atoms with Crippen LogP contribution in [0, 0.1) is 12.7 Å². The molecule has 0 saturated carbocycles. The Labute approximate surface area is 194 Å². The Morgan fingerprint density at radius 2 is 1.91 bits per heavy atom. The van der Waals surface area contributed by atoms with Gasteiger partial charge in [-0.3, -0.25) is 4.79 Å². The quantitative estimate of drug-likeness (QED) is 0.312. The van der Waals surface area contributed by atoms with Crippen LogP contribution in [-0.2, 0) is 16.2 Å². The lowest BCUT2D eigenvalue weighted by atomic mass is 10.2. The van der Waals surface area contributed by atoms with Crippen LogP contribution in [0.3, 0.4) is 0 Å². The van der Waals surface area contributed by atoms with Gasteiger partial charge < -0.3 is 19.6 Å². The molecule has 0 aliphatic heterocycles. The van der Waals surface area contributed by atoms with Crippen LogP contribution >= 0.6 is 15.9 Å². The summed E-state index contributed by atoms with van der Waals surface area (Å²) in [6.07, 6.45) is 1.45. The molecule has 32 heavy (non-hydrogen) atoms. The van der Waals surface area contributed by atoms with E-state index < -0.39 is 0 Å². The third-order valence-corrected chi connectivity index (χ3v) is 4.98. The van der Waals surface area contributed by atoms with E-state index >= 15 is 0 Å². The standard InChI is InChI=1S/C24H22BrFN2O4/c1-16-7-9-19(10-8-16)28-23(29)15-32-27-13-17-11-20(25)24(22(12-17)30-2)31-14-18-5-3-4-6-21(18)26/h3-13H,14-15H2,1-2H3,(H,28,29)/b27-13+. The first-order chi connectivity index (χ1) is 15.5. The second kappa shape index (κ2) is 11.3. The fourth-order valence-corrected chi connectivity index (χ4v) is 3.32. The minimum atomic E-state index is -0.338. The van der Waals surface area contributed by atoms with Crippen LogP contribution in [0.25, 0.3) is 0 Å². The van der Waals surface area contributed by atoms with E-state index in [1.165, 1.54) is 19.4 Å². The predicted octanol–water partition coefficient (Wildman–Crippen LogP) is 5.47. The van der Waals surface area contributed by atoms with E-state index in [4.69, 9.17) is 14.3 Å². The van der Waals surface area contributed by atoms with Crippen LogP contribution < -0.4 is 14.8 Å². The van der Waals surface area contributed by atoms with E-state index in [0.29, 0.717) is 32.8 Å². The SMILES string of the molecule is COc1cc(/C=N/OCC(=O)Nc2ccc(C)cc2)cc(Br)c1OCc1ccccc1F. The average molecular weight is 501 g/mol. The number of carbonyl (C=O) groups is 1. The summed E-state index contributed by atoms with van der Waals surface area (Å²) in [5, 5.41) is 6.56. The molecular weight excluding hydrogens is 479 g/mol. The van der Waals surface area contributed by atoms with Crippen LogP contribution in [0.4, 0.5) is 10.1 Å². The van der Waals surface area contributed by atoms with E-state index in [2.05, 4.69) is 26.4 Å². The van der Waals surface area contributed by atoms with Crippen molar-refractivity contribution in [2.45, 2.75) is 13.5 Å². The van der Waals surface area contributed by atoms with Crippen molar-refractivity contribution < 1.29 is 23.5 Å².